The Morgan fingerprint density at radius 1 is 1.28 bits per heavy atom. The number of carbonyl (C=O) groups is 4. The summed E-state index contributed by atoms with van der Waals surface area (Å²) in [5, 5.41) is 1.28. The van der Waals surface area contributed by atoms with Crippen LogP contribution in [-0.4, -0.2) is 40.6 Å². The maximum absolute atomic E-state index is 12.9. The first kappa shape index (κ1) is 13.9. The molecule has 7 nitrogen and oxygen atoms in total. The summed E-state index contributed by atoms with van der Waals surface area (Å²) in [6.45, 7) is 1.24. The zero-order chi connectivity index (χ0) is 14.3. The Bertz CT molecular complexity index is 447. The summed E-state index contributed by atoms with van der Waals surface area (Å²) >= 11 is 0. The van der Waals surface area contributed by atoms with E-state index in [0.717, 1.165) is 0 Å². The van der Waals surface area contributed by atoms with Gasteiger partial charge >= 0.3 is 29.8 Å². The van der Waals surface area contributed by atoms with Crippen LogP contribution in [0.25, 0.3) is 0 Å². The van der Waals surface area contributed by atoms with Crippen molar-refractivity contribution in [3.63, 3.8) is 0 Å². The minimum atomic E-state index is -5.46. The van der Waals surface area contributed by atoms with Crippen LogP contribution in [0.1, 0.15) is 13.8 Å². The molecule has 1 N–H and O–H groups in total. The number of rotatable bonds is 1. The topological polar surface area (TPSA) is 92.8 Å². The molecule has 0 aromatic heterocycles. The fourth-order valence-electron chi connectivity index (χ4n) is 1.46. The maximum Gasteiger partial charge on any atom is 0.459 e. The quantitative estimate of drug-likeness (QED) is 0.529. The van der Waals surface area contributed by atoms with Gasteiger partial charge in [-0.3, -0.25) is 19.7 Å². The van der Waals surface area contributed by atoms with Gasteiger partial charge in [-0.25, -0.2) is 9.69 Å². The molecule has 1 unspecified atom stereocenters. The van der Waals surface area contributed by atoms with Crippen LogP contribution in [0, 0.1) is 0 Å². The molecule has 1 aliphatic rings. The Morgan fingerprint density at radius 3 is 2.11 bits per heavy atom. The molecule has 18 heavy (non-hydrogen) atoms. The average Bonchev–Trinajstić information content (AvgIpc) is 2.36. The second-order valence-corrected chi connectivity index (χ2v) is 3.35. The van der Waals surface area contributed by atoms with Gasteiger partial charge in [-0.05, 0) is 0 Å². The second kappa shape index (κ2) is 3.96. The van der Waals surface area contributed by atoms with E-state index in [1.165, 1.54) is 5.32 Å². The van der Waals surface area contributed by atoms with Crippen molar-refractivity contribution in [1.29, 1.82) is 0 Å². The van der Waals surface area contributed by atoms with E-state index in [2.05, 4.69) is 4.74 Å². The number of urea groups is 1. The highest BCUT2D eigenvalue weighted by molar-refractivity contribution is 6.14. The molecule has 1 saturated heterocycles. The fourth-order valence-corrected chi connectivity index (χ4v) is 1.46. The highest BCUT2D eigenvalue weighted by Gasteiger charge is 2.74. The Balaban J connectivity index is 3.47. The highest BCUT2D eigenvalue weighted by atomic mass is 19.4. The number of alkyl halides is 3. The van der Waals surface area contributed by atoms with Gasteiger partial charge in [-0.1, -0.05) is 0 Å². The lowest BCUT2D eigenvalue weighted by Crippen LogP contribution is -2.64. The summed E-state index contributed by atoms with van der Waals surface area (Å²) in [6, 6.07) is -1.61. The van der Waals surface area contributed by atoms with Crippen molar-refractivity contribution in [3.8, 4) is 0 Å². The molecule has 1 atom stereocenters. The summed E-state index contributed by atoms with van der Waals surface area (Å²) in [5.41, 5.74) is -3.94. The van der Waals surface area contributed by atoms with E-state index in [0.29, 0.717) is 13.8 Å². The smallest absolute Gasteiger partial charge is 0.420 e. The Morgan fingerprint density at radius 2 is 1.78 bits per heavy atom. The molecule has 0 aromatic carbocycles. The van der Waals surface area contributed by atoms with E-state index >= 15 is 0 Å². The van der Waals surface area contributed by atoms with Crippen molar-refractivity contribution in [3.05, 3.63) is 0 Å². The lowest BCUT2D eigenvalue weighted by atomic mass is 10.1. The zero-order valence-corrected chi connectivity index (χ0v) is 9.12. The van der Waals surface area contributed by atoms with Crippen LogP contribution in [0.15, 0.2) is 0 Å². The number of carbonyl (C=O) groups excluding carboxylic acids is 4. The summed E-state index contributed by atoms with van der Waals surface area (Å²) in [7, 11) is 0. The van der Waals surface area contributed by atoms with Gasteiger partial charge in [0.25, 0.3) is 0 Å². The minimum absolute atomic E-state index is 0.475. The minimum Gasteiger partial charge on any atom is -0.420 e. The van der Waals surface area contributed by atoms with Gasteiger partial charge in [0.1, 0.15) is 0 Å². The van der Waals surface area contributed by atoms with E-state index < -0.39 is 40.6 Å². The number of amides is 4. The predicted molar refractivity (Wildman–Crippen MR) is 46.6 cm³/mol. The first-order valence-corrected chi connectivity index (χ1v) is 4.46. The maximum atomic E-state index is 12.9. The first-order valence-electron chi connectivity index (χ1n) is 4.46. The standard InChI is InChI=1S/C8H7F3N2O5/c1-3(14)13-6(17)12-5(16)7(13,8(9,10)11)18-4(2)15/h1-2H3,(H,12,16,17). The molecule has 10 heteroatoms. The zero-order valence-electron chi connectivity index (χ0n) is 9.12. The van der Waals surface area contributed by atoms with Gasteiger partial charge in [-0.15, -0.1) is 0 Å². The third-order valence-electron chi connectivity index (χ3n) is 2.04. The number of nitrogens with one attached hydrogen (secondary N) is 1. The highest BCUT2D eigenvalue weighted by Crippen LogP contribution is 2.40. The number of hydrogen-bond acceptors (Lipinski definition) is 5. The van der Waals surface area contributed by atoms with E-state index in [4.69, 9.17) is 0 Å². The van der Waals surface area contributed by atoms with Gasteiger partial charge in [0.2, 0.25) is 5.91 Å². The van der Waals surface area contributed by atoms with Crippen LogP contribution >= 0.6 is 0 Å². The first-order chi connectivity index (χ1) is 8.04. The van der Waals surface area contributed by atoms with Crippen molar-refractivity contribution in [2.24, 2.45) is 0 Å². The molecule has 0 aromatic rings. The molecule has 1 aliphatic heterocycles. The summed E-state index contributed by atoms with van der Waals surface area (Å²) in [6.07, 6.45) is -5.46. The van der Waals surface area contributed by atoms with Crippen molar-refractivity contribution in [1.82, 2.24) is 10.2 Å². The lowest BCUT2D eigenvalue weighted by molar-refractivity contribution is -0.286. The van der Waals surface area contributed by atoms with Gasteiger partial charge in [-0.2, -0.15) is 13.2 Å². The molecule has 0 spiro atoms. The number of imide groups is 2. The van der Waals surface area contributed by atoms with Gasteiger partial charge in [0, 0.05) is 13.8 Å². The molecule has 1 rings (SSSR count). The molecule has 0 bridgehead atoms. The van der Waals surface area contributed by atoms with E-state index in [1.807, 2.05) is 0 Å². The van der Waals surface area contributed by atoms with Crippen LogP contribution in [-0.2, 0) is 19.1 Å². The molecule has 0 saturated carbocycles. The third-order valence-corrected chi connectivity index (χ3v) is 2.04. The Kier molecular flexibility index (Phi) is 3.07. The molecule has 0 aliphatic carbocycles. The van der Waals surface area contributed by atoms with Crippen molar-refractivity contribution in [2.45, 2.75) is 25.7 Å². The van der Waals surface area contributed by atoms with E-state index in [1.54, 1.807) is 0 Å². The average molecular weight is 268 g/mol. The second-order valence-electron chi connectivity index (χ2n) is 3.35. The van der Waals surface area contributed by atoms with Gasteiger partial charge in [0.15, 0.2) is 0 Å². The van der Waals surface area contributed by atoms with Crippen LogP contribution in [0.3, 0.4) is 0 Å². The lowest BCUT2D eigenvalue weighted by Gasteiger charge is -2.33. The van der Waals surface area contributed by atoms with Crippen LogP contribution < -0.4 is 5.32 Å². The molecule has 100 valence electrons. The summed E-state index contributed by atoms with van der Waals surface area (Å²) in [4.78, 5) is 43.7. The molecule has 1 heterocycles. The molecular weight excluding hydrogens is 261 g/mol. The van der Waals surface area contributed by atoms with Crippen molar-refractivity contribution in [2.75, 3.05) is 0 Å². The number of hydrogen-bond donors (Lipinski definition) is 1. The summed E-state index contributed by atoms with van der Waals surface area (Å²) < 4.78 is 42.7. The molecular formula is C8H7F3N2O5. The molecule has 1 fully saturated rings. The number of esters is 1. The Labute approximate surface area is 97.9 Å². The van der Waals surface area contributed by atoms with Crippen molar-refractivity contribution >= 4 is 23.8 Å². The van der Waals surface area contributed by atoms with Crippen LogP contribution in [0.2, 0.25) is 0 Å². The summed E-state index contributed by atoms with van der Waals surface area (Å²) in [5.74, 6) is -4.80. The number of nitrogens with zero attached hydrogens (tertiary/aromatic N) is 1. The van der Waals surface area contributed by atoms with Crippen molar-refractivity contribution < 1.29 is 37.1 Å². The van der Waals surface area contributed by atoms with Gasteiger partial charge in [0.05, 0.1) is 0 Å². The fraction of sp³-hybridized carbons (Fsp3) is 0.500. The Hall–Kier alpha value is -2.13. The van der Waals surface area contributed by atoms with E-state index in [-0.39, 0.29) is 0 Å². The largest absolute Gasteiger partial charge is 0.459 e. The number of ether oxygens (including phenoxy) is 1. The predicted octanol–water partition coefficient (Wildman–Crippen LogP) is -0.0936. The van der Waals surface area contributed by atoms with E-state index in [9.17, 15) is 32.3 Å². The monoisotopic (exact) mass is 268 g/mol. The molecule has 4 amide bonds. The normalized spacial score (nSPS) is 23.9. The third kappa shape index (κ3) is 1.79. The number of halogens is 3. The molecule has 0 radical (unpaired) electrons. The SMILES string of the molecule is CC(=O)OC1(C(F)(F)F)C(=O)NC(=O)N1C(C)=O. The van der Waals surface area contributed by atoms with Gasteiger partial charge < -0.3 is 4.74 Å². The van der Waals surface area contributed by atoms with Crippen LogP contribution in [0.4, 0.5) is 18.0 Å². The van der Waals surface area contributed by atoms with Crippen LogP contribution in [0.5, 0.6) is 0 Å².